The first-order valence-electron chi connectivity index (χ1n) is 8.97. The van der Waals surface area contributed by atoms with E-state index in [2.05, 4.69) is 36.8 Å². The van der Waals surface area contributed by atoms with Gasteiger partial charge in [-0.25, -0.2) is 0 Å². The summed E-state index contributed by atoms with van der Waals surface area (Å²) in [4.78, 5) is 2.36. The molecule has 26 heavy (non-hydrogen) atoms. The van der Waals surface area contributed by atoms with Crippen molar-refractivity contribution in [3.05, 3.63) is 47.6 Å². The van der Waals surface area contributed by atoms with Crippen molar-refractivity contribution < 1.29 is 5.11 Å². The van der Waals surface area contributed by atoms with E-state index in [9.17, 15) is 5.11 Å². The average Bonchev–Trinajstić information content (AvgIpc) is 3.33. The monoisotopic (exact) mass is 356 g/mol. The Hall–Kier alpha value is -2.52. The van der Waals surface area contributed by atoms with Gasteiger partial charge < -0.3 is 9.67 Å². The minimum Gasteiger partial charge on any atom is -0.380 e. The molecule has 0 saturated carbocycles. The van der Waals surface area contributed by atoms with Crippen molar-refractivity contribution in [3.63, 3.8) is 0 Å². The van der Waals surface area contributed by atoms with E-state index >= 15 is 0 Å². The Morgan fingerprint density at radius 1 is 1.31 bits per heavy atom. The maximum atomic E-state index is 10.7. The second-order valence-electron chi connectivity index (χ2n) is 6.66. The van der Waals surface area contributed by atoms with Crippen LogP contribution in [0.15, 0.2) is 24.7 Å². The molecule has 138 valence electrons. The summed E-state index contributed by atoms with van der Waals surface area (Å²) >= 11 is 0. The highest BCUT2D eigenvalue weighted by atomic mass is 16.3. The Kier molecular flexibility index (Phi) is 4.56. The van der Waals surface area contributed by atoms with Crippen LogP contribution in [-0.4, -0.2) is 50.9 Å². The number of aryl methyl sites for hydroxylation is 3. The Morgan fingerprint density at radius 3 is 2.96 bits per heavy atom. The third-order valence-corrected chi connectivity index (χ3v) is 4.93. The van der Waals surface area contributed by atoms with Crippen LogP contribution in [-0.2, 0) is 33.2 Å². The molecular formula is C17H24N8O. The molecule has 1 atom stereocenters. The van der Waals surface area contributed by atoms with Gasteiger partial charge in [0.25, 0.3) is 0 Å². The maximum Gasteiger partial charge on any atom is 0.147 e. The molecule has 0 radical (unpaired) electrons. The van der Waals surface area contributed by atoms with Gasteiger partial charge in [0.1, 0.15) is 18.3 Å². The number of hydrogen-bond acceptors (Lipinski definition) is 6. The van der Waals surface area contributed by atoms with Gasteiger partial charge in [0, 0.05) is 39.4 Å². The number of rotatable bonds is 5. The Balaban J connectivity index is 1.53. The fraction of sp³-hybridized carbons (Fsp3) is 0.529. The van der Waals surface area contributed by atoms with Crippen LogP contribution in [0.3, 0.4) is 0 Å². The van der Waals surface area contributed by atoms with Crippen molar-refractivity contribution in [1.29, 1.82) is 0 Å². The summed E-state index contributed by atoms with van der Waals surface area (Å²) in [6.45, 7) is 6.34. The minimum atomic E-state index is -0.765. The number of fused-ring (bicyclic) bond motifs is 1. The molecule has 3 aromatic heterocycles. The molecule has 0 saturated heterocycles. The van der Waals surface area contributed by atoms with Crippen molar-refractivity contribution in [1.82, 2.24) is 39.2 Å². The smallest absolute Gasteiger partial charge is 0.147 e. The van der Waals surface area contributed by atoms with Gasteiger partial charge in [-0.1, -0.05) is 0 Å². The van der Waals surface area contributed by atoms with Crippen molar-refractivity contribution >= 4 is 0 Å². The summed E-state index contributed by atoms with van der Waals surface area (Å²) < 4.78 is 5.76. The van der Waals surface area contributed by atoms with E-state index in [1.54, 1.807) is 17.2 Å². The van der Waals surface area contributed by atoms with Gasteiger partial charge in [-0.05, 0) is 25.5 Å². The molecular weight excluding hydrogens is 332 g/mol. The van der Waals surface area contributed by atoms with E-state index in [1.807, 2.05) is 23.9 Å². The van der Waals surface area contributed by atoms with E-state index in [4.69, 9.17) is 0 Å². The molecule has 0 bridgehead atoms. The van der Waals surface area contributed by atoms with Gasteiger partial charge >= 0.3 is 0 Å². The highest BCUT2D eigenvalue weighted by Gasteiger charge is 2.23. The molecule has 0 fully saturated rings. The number of nitrogens with zero attached hydrogens (tertiary/aromatic N) is 8. The number of aromatic nitrogens is 7. The molecule has 1 aliphatic heterocycles. The Bertz CT molecular complexity index is 879. The lowest BCUT2D eigenvalue weighted by atomic mass is 10.2. The Morgan fingerprint density at radius 2 is 2.19 bits per heavy atom. The van der Waals surface area contributed by atoms with Crippen molar-refractivity contribution in [2.75, 3.05) is 6.54 Å². The predicted octanol–water partition coefficient (Wildman–Crippen LogP) is 0.716. The standard InChI is InChI=1S/C17H24N8O/c1-3-24-12-18-20-16(24)11-23-7-4-8-25-13(10-23)9-14(21-25)17(26)15-5-6-19-22(15)2/h5-6,9,12,17,26H,3-4,7-8,10-11H2,1-2H3. The first-order chi connectivity index (χ1) is 12.7. The SMILES string of the molecule is CCn1cnnc1CN1CCCn2nc(C(O)c3ccnn3C)cc2C1. The van der Waals surface area contributed by atoms with Gasteiger partial charge in [0.05, 0.1) is 23.6 Å². The first-order valence-corrected chi connectivity index (χ1v) is 8.97. The number of aliphatic hydroxyl groups is 1. The van der Waals surface area contributed by atoms with Crippen LogP contribution in [0.1, 0.15) is 42.4 Å². The van der Waals surface area contributed by atoms with Crippen molar-refractivity contribution in [2.24, 2.45) is 7.05 Å². The van der Waals surface area contributed by atoms with Gasteiger partial charge in [0.15, 0.2) is 0 Å². The third kappa shape index (κ3) is 3.15. The fourth-order valence-corrected chi connectivity index (χ4v) is 3.49. The lowest BCUT2D eigenvalue weighted by molar-refractivity contribution is 0.203. The normalized spacial score (nSPS) is 16.4. The van der Waals surface area contributed by atoms with E-state index in [1.165, 1.54) is 0 Å². The predicted molar refractivity (Wildman–Crippen MR) is 93.9 cm³/mol. The lowest BCUT2D eigenvalue weighted by Crippen LogP contribution is -2.24. The van der Waals surface area contributed by atoms with E-state index < -0.39 is 6.10 Å². The van der Waals surface area contributed by atoms with Crippen molar-refractivity contribution in [3.8, 4) is 0 Å². The summed E-state index contributed by atoms with van der Waals surface area (Å²) in [5.41, 5.74) is 2.52. The van der Waals surface area contributed by atoms with E-state index in [0.29, 0.717) is 5.69 Å². The summed E-state index contributed by atoms with van der Waals surface area (Å²) in [5, 5.41) is 27.7. The molecule has 9 heteroatoms. The summed E-state index contributed by atoms with van der Waals surface area (Å²) in [6.07, 6.45) is 3.71. The molecule has 4 rings (SSSR count). The maximum absolute atomic E-state index is 10.7. The molecule has 0 spiro atoms. The number of hydrogen-bond donors (Lipinski definition) is 1. The van der Waals surface area contributed by atoms with Crippen LogP contribution in [0, 0.1) is 0 Å². The molecule has 4 heterocycles. The van der Waals surface area contributed by atoms with Crippen molar-refractivity contribution in [2.45, 2.75) is 45.6 Å². The second kappa shape index (κ2) is 7.00. The van der Waals surface area contributed by atoms with Gasteiger partial charge in [0.2, 0.25) is 0 Å². The largest absolute Gasteiger partial charge is 0.380 e. The van der Waals surface area contributed by atoms with Gasteiger partial charge in [-0.2, -0.15) is 10.2 Å². The molecule has 0 aromatic carbocycles. The molecule has 1 N–H and O–H groups in total. The van der Waals surface area contributed by atoms with Crippen LogP contribution in [0.5, 0.6) is 0 Å². The van der Waals surface area contributed by atoms with E-state index in [-0.39, 0.29) is 0 Å². The van der Waals surface area contributed by atoms with Gasteiger partial charge in [-0.15, -0.1) is 10.2 Å². The van der Waals surface area contributed by atoms with Crippen LogP contribution in [0.4, 0.5) is 0 Å². The zero-order valence-electron chi connectivity index (χ0n) is 15.2. The summed E-state index contributed by atoms with van der Waals surface area (Å²) in [6, 6.07) is 3.82. The van der Waals surface area contributed by atoms with Crippen LogP contribution < -0.4 is 0 Å². The minimum absolute atomic E-state index is 0.669. The summed E-state index contributed by atoms with van der Waals surface area (Å²) in [5.74, 6) is 0.982. The van der Waals surface area contributed by atoms with Crippen LogP contribution >= 0.6 is 0 Å². The van der Waals surface area contributed by atoms with E-state index in [0.717, 1.165) is 56.4 Å². The zero-order chi connectivity index (χ0) is 18.1. The van der Waals surface area contributed by atoms with Crippen LogP contribution in [0.25, 0.3) is 0 Å². The molecule has 3 aromatic rings. The molecule has 0 aliphatic carbocycles. The second-order valence-corrected chi connectivity index (χ2v) is 6.66. The van der Waals surface area contributed by atoms with Crippen LogP contribution in [0.2, 0.25) is 0 Å². The highest BCUT2D eigenvalue weighted by Crippen LogP contribution is 2.23. The quantitative estimate of drug-likeness (QED) is 0.724. The molecule has 9 nitrogen and oxygen atoms in total. The lowest BCUT2D eigenvalue weighted by Gasteiger charge is -2.19. The molecule has 1 unspecified atom stereocenters. The average molecular weight is 356 g/mol. The third-order valence-electron chi connectivity index (χ3n) is 4.93. The zero-order valence-corrected chi connectivity index (χ0v) is 15.2. The Labute approximate surface area is 151 Å². The fourth-order valence-electron chi connectivity index (χ4n) is 3.49. The summed E-state index contributed by atoms with van der Waals surface area (Å²) in [7, 11) is 1.82. The molecule has 0 amide bonds. The topological polar surface area (TPSA) is 89.8 Å². The first kappa shape index (κ1) is 16.9. The molecule has 1 aliphatic rings. The highest BCUT2D eigenvalue weighted by molar-refractivity contribution is 5.21. The number of aliphatic hydroxyl groups excluding tert-OH is 1. The van der Waals surface area contributed by atoms with Gasteiger partial charge in [-0.3, -0.25) is 14.3 Å².